The van der Waals surface area contributed by atoms with E-state index in [2.05, 4.69) is 15.3 Å². The topological polar surface area (TPSA) is 78.4 Å². The maximum atomic E-state index is 12.3. The van der Waals surface area contributed by atoms with E-state index < -0.39 is 0 Å². The van der Waals surface area contributed by atoms with Gasteiger partial charge >= 0.3 is 0 Å². The number of amides is 2. The molecular formula is C15H23N5O2. The van der Waals surface area contributed by atoms with Crippen molar-refractivity contribution in [3.63, 3.8) is 0 Å². The summed E-state index contributed by atoms with van der Waals surface area (Å²) in [6.45, 7) is 2.99. The van der Waals surface area contributed by atoms with Crippen molar-refractivity contribution >= 4 is 11.8 Å². The van der Waals surface area contributed by atoms with Crippen LogP contribution in [0.25, 0.3) is 0 Å². The van der Waals surface area contributed by atoms with Crippen LogP contribution in [0.3, 0.4) is 0 Å². The monoisotopic (exact) mass is 305 g/mol. The normalized spacial score (nSPS) is 17.8. The fourth-order valence-corrected chi connectivity index (χ4v) is 2.58. The highest BCUT2D eigenvalue weighted by molar-refractivity contribution is 5.79. The first-order chi connectivity index (χ1) is 10.5. The summed E-state index contributed by atoms with van der Waals surface area (Å²) in [5.41, 5.74) is 0.757. The Morgan fingerprint density at radius 2 is 2.23 bits per heavy atom. The summed E-state index contributed by atoms with van der Waals surface area (Å²) >= 11 is 0. The summed E-state index contributed by atoms with van der Waals surface area (Å²) in [7, 11) is 3.76. The largest absolute Gasteiger partial charge is 0.351 e. The van der Waals surface area contributed by atoms with Gasteiger partial charge in [-0.2, -0.15) is 0 Å². The van der Waals surface area contributed by atoms with Crippen molar-refractivity contribution in [2.24, 2.45) is 0 Å². The molecular weight excluding hydrogens is 282 g/mol. The Kier molecular flexibility index (Phi) is 5.43. The van der Waals surface area contributed by atoms with Crippen LogP contribution >= 0.6 is 0 Å². The number of carbonyl (C=O) groups excluding carboxylic acids is 2. The van der Waals surface area contributed by atoms with Gasteiger partial charge in [0.1, 0.15) is 0 Å². The number of likely N-dealkylation sites (N-methyl/N-ethyl adjacent to an activating group) is 1. The standard InChI is InChI=1S/C15H23N5O2/c1-11(21)17-9-12-6-7-16-15(18-12)13-5-4-8-20(13)14(22)10-19(2)3/h6-7,13H,4-5,8-10H2,1-3H3,(H,17,21). The van der Waals surface area contributed by atoms with E-state index in [4.69, 9.17) is 0 Å². The summed E-state index contributed by atoms with van der Waals surface area (Å²) in [5, 5.41) is 2.72. The zero-order valence-corrected chi connectivity index (χ0v) is 13.4. The lowest BCUT2D eigenvalue weighted by molar-refractivity contribution is -0.132. The molecule has 2 rings (SSSR count). The molecule has 1 aromatic heterocycles. The SMILES string of the molecule is CC(=O)NCc1ccnc(C2CCCN2C(=O)CN(C)C)n1. The molecule has 1 N–H and O–H groups in total. The first-order valence-corrected chi connectivity index (χ1v) is 7.48. The van der Waals surface area contributed by atoms with E-state index in [0.29, 0.717) is 18.9 Å². The van der Waals surface area contributed by atoms with Crippen LogP contribution < -0.4 is 5.32 Å². The predicted molar refractivity (Wildman–Crippen MR) is 81.8 cm³/mol. The van der Waals surface area contributed by atoms with Gasteiger partial charge in [0.05, 0.1) is 24.8 Å². The zero-order valence-electron chi connectivity index (χ0n) is 13.4. The van der Waals surface area contributed by atoms with Crippen molar-refractivity contribution in [3.8, 4) is 0 Å². The third kappa shape index (κ3) is 4.24. The molecule has 2 amide bonds. The van der Waals surface area contributed by atoms with Crippen LogP contribution in [0.5, 0.6) is 0 Å². The Bertz CT molecular complexity index is 546. The van der Waals surface area contributed by atoms with Gasteiger partial charge in [0.15, 0.2) is 5.82 Å². The van der Waals surface area contributed by atoms with Crippen molar-refractivity contribution < 1.29 is 9.59 Å². The van der Waals surface area contributed by atoms with Crippen molar-refractivity contribution in [2.75, 3.05) is 27.2 Å². The van der Waals surface area contributed by atoms with E-state index in [-0.39, 0.29) is 17.9 Å². The second-order valence-corrected chi connectivity index (χ2v) is 5.80. The third-order valence-electron chi connectivity index (χ3n) is 3.57. The Balaban J connectivity index is 2.10. The fourth-order valence-electron chi connectivity index (χ4n) is 2.58. The molecule has 0 spiro atoms. The smallest absolute Gasteiger partial charge is 0.237 e. The van der Waals surface area contributed by atoms with Gasteiger partial charge < -0.3 is 15.1 Å². The molecule has 7 heteroatoms. The lowest BCUT2D eigenvalue weighted by Crippen LogP contribution is -2.38. The second-order valence-electron chi connectivity index (χ2n) is 5.80. The van der Waals surface area contributed by atoms with Gasteiger partial charge in [0, 0.05) is 19.7 Å². The predicted octanol–water partition coefficient (Wildman–Crippen LogP) is 0.338. The molecule has 1 fully saturated rings. The number of carbonyl (C=O) groups is 2. The van der Waals surface area contributed by atoms with Gasteiger partial charge in [-0.3, -0.25) is 9.59 Å². The fraction of sp³-hybridized carbons (Fsp3) is 0.600. The van der Waals surface area contributed by atoms with E-state index >= 15 is 0 Å². The lowest BCUT2D eigenvalue weighted by Gasteiger charge is -2.25. The number of hydrogen-bond acceptors (Lipinski definition) is 5. The third-order valence-corrected chi connectivity index (χ3v) is 3.57. The number of hydrogen-bond donors (Lipinski definition) is 1. The number of likely N-dealkylation sites (tertiary alicyclic amines) is 1. The molecule has 0 aromatic carbocycles. The van der Waals surface area contributed by atoms with Crippen LogP contribution in [-0.4, -0.2) is 58.8 Å². The van der Waals surface area contributed by atoms with Gasteiger partial charge in [-0.25, -0.2) is 9.97 Å². The average molecular weight is 305 g/mol. The van der Waals surface area contributed by atoms with Crippen molar-refractivity contribution in [1.82, 2.24) is 25.1 Å². The van der Waals surface area contributed by atoms with E-state index in [1.54, 1.807) is 12.3 Å². The van der Waals surface area contributed by atoms with Crippen LogP contribution in [-0.2, 0) is 16.1 Å². The van der Waals surface area contributed by atoms with Gasteiger partial charge in [0.2, 0.25) is 11.8 Å². The minimum Gasteiger partial charge on any atom is -0.351 e. The van der Waals surface area contributed by atoms with Crippen molar-refractivity contribution in [1.29, 1.82) is 0 Å². The number of rotatable bonds is 5. The number of aromatic nitrogens is 2. The van der Waals surface area contributed by atoms with Crippen LogP contribution in [0.2, 0.25) is 0 Å². The Hall–Kier alpha value is -2.02. The molecule has 1 saturated heterocycles. The first-order valence-electron chi connectivity index (χ1n) is 7.48. The Morgan fingerprint density at radius 3 is 2.91 bits per heavy atom. The molecule has 0 saturated carbocycles. The molecule has 1 aromatic rings. The lowest BCUT2D eigenvalue weighted by atomic mass is 10.2. The molecule has 0 bridgehead atoms. The van der Waals surface area contributed by atoms with E-state index in [1.807, 2.05) is 23.9 Å². The minimum atomic E-state index is -0.0937. The van der Waals surface area contributed by atoms with Crippen LogP contribution in [0.15, 0.2) is 12.3 Å². The minimum absolute atomic E-state index is 0.0651. The van der Waals surface area contributed by atoms with Crippen molar-refractivity contribution in [3.05, 3.63) is 23.8 Å². The quantitative estimate of drug-likeness (QED) is 0.848. The first kappa shape index (κ1) is 16.4. The molecule has 1 atom stereocenters. The molecule has 120 valence electrons. The van der Waals surface area contributed by atoms with Crippen LogP contribution in [0.4, 0.5) is 0 Å². The summed E-state index contributed by atoms with van der Waals surface area (Å²) < 4.78 is 0. The van der Waals surface area contributed by atoms with E-state index in [1.165, 1.54) is 6.92 Å². The molecule has 22 heavy (non-hydrogen) atoms. The van der Waals surface area contributed by atoms with Crippen LogP contribution in [0, 0.1) is 0 Å². The molecule has 7 nitrogen and oxygen atoms in total. The molecule has 0 radical (unpaired) electrons. The van der Waals surface area contributed by atoms with Gasteiger partial charge in [-0.05, 0) is 33.0 Å². The summed E-state index contributed by atoms with van der Waals surface area (Å²) in [6.07, 6.45) is 3.53. The molecule has 2 heterocycles. The highest BCUT2D eigenvalue weighted by Crippen LogP contribution is 2.29. The van der Waals surface area contributed by atoms with E-state index in [9.17, 15) is 9.59 Å². The Labute approximate surface area is 130 Å². The maximum Gasteiger partial charge on any atom is 0.237 e. The van der Waals surface area contributed by atoms with Crippen LogP contribution in [0.1, 0.15) is 37.3 Å². The molecule has 1 unspecified atom stereocenters. The summed E-state index contributed by atoms with van der Waals surface area (Å²) in [4.78, 5) is 35.9. The summed E-state index contributed by atoms with van der Waals surface area (Å²) in [5.74, 6) is 0.666. The molecule has 0 aliphatic carbocycles. The second kappa shape index (κ2) is 7.31. The molecule has 1 aliphatic rings. The highest BCUT2D eigenvalue weighted by atomic mass is 16.2. The van der Waals surface area contributed by atoms with Gasteiger partial charge in [-0.15, -0.1) is 0 Å². The maximum absolute atomic E-state index is 12.3. The number of nitrogens with zero attached hydrogens (tertiary/aromatic N) is 4. The average Bonchev–Trinajstić information content (AvgIpc) is 2.94. The van der Waals surface area contributed by atoms with Gasteiger partial charge in [0.25, 0.3) is 0 Å². The Morgan fingerprint density at radius 1 is 1.45 bits per heavy atom. The number of nitrogens with one attached hydrogen (secondary N) is 1. The zero-order chi connectivity index (χ0) is 16.1. The summed E-state index contributed by atoms with van der Waals surface area (Å²) in [6, 6.07) is 1.71. The highest BCUT2D eigenvalue weighted by Gasteiger charge is 2.31. The molecule has 1 aliphatic heterocycles. The van der Waals surface area contributed by atoms with Gasteiger partial charge in [-0.1, -0.05) is 0 Å². The van der Waals surface area contributed by atoms with Crippen molar-refractivity contribution in [2.45, 2.75) is 32.4 Å². The van der Waals surface area contributed by atoms with E-state index in [0.717, 1.165) is 25.1 Å².